The van der Waals surface area contributed by atoms with Crippen molar-refractivity contribution in [1.82, 2.24) is 9.97 Å². The average molecular weight is 177 g/mol. The van der Waals surface area contributed by atoms with Crippen molar-refractivity contribution < 1.29 is 0 Å². The number of hydrogen-bond donors (Lipinski definition) is 0. The molecule has 0 atom stereocenters. The molecule has 0 fully saturated rings. The first kappa shape index (κ1) is 7.76. The fraction of sp³-hybridized carbons (Fsp3) is 0.333. The van der Waals surface area contributed by atoms with Crippen molar-refractivity contribution in [1.29, 1.82) is 0 Å². The Labute approximate surface area is 69.2 Å². The summed E-state index contributed by atoms with van der Waals surface area (Å²) in [7, 11) is 0. The fourth-order valence-electron chi connectivity index (χ4n) is 0.577. The van der Waals surface area contributed by atoms with Crippen molar-refractivity contribution in [2.75, 3.05) is 5.88 Å². The van der Waals surface area contributed by atoms with Gasteiger partial charge in [0.2, 0.25) is 5.28 Å². The molecule has 0 radical (unpaired) electrons. The Kier molecular flexibility index (Phi) is 2.90. The van der Waals surface area contributed by atoms with E-state index in [-0.39, 0.29) is 5.28 Å². The second-order valence-corrected chi connectivity index (χ2v) is 2.52. The molecule has 0 spiro atoms. The molecule has 0 aliphatic carbocycles. The van der Waals surface area contributed by atoms with Gasteiger partial charge in [-0.05, 0) is 23.6 Å². The van der Waals surface area contributed by atoms with Crippen LogP contribution in [-0.4, -0.2) is 15.8 Å². The summed E-state index contributed by atoms with van der Waals surface area (Å²) >= 11 is 10.9. The first-order chi connectivity index (χ1) is 4.83. The normalized spacial score (nSPS) is 9.80. The zero-order valence-electron chi connectivity index (χ0n) is 5.22. The Hall–Kier alpha value is -0.340. The van der Waals surface area contributed by atoms with Gasteiger partial charge in [-0.25, -0.2) is 9.97 Å². The Morgan fingerprint density at radius 1 is 1.30 bits per heavy atom. The predicted molar refractivity (Wildman–Crippen MR) is 41.5 cm³/mol. The standard InChI is InChI=1S/C6H6Cl2N2/c7-2-1-5-3-9-6(8)10-4-5/h3-4H,1-2H2. The molecule has 0 aliphatic heterocycles. The van der Waals surface area contributed by atoms with Gasteiger partial charge in [-0.1, -0.05) is 0 Å². The lowest BCUT2D eigenvalue weighted by Gasteiger charge is -1.93. The molecule has 2 nitrogen and oxygen atoms in total. The molecule has 0 saturated heterocycles. The number of hydrogen-bond acceptors (Lipinski definition) is 2. The van der Waals surface area contributed by atoms with Gasteiger partial charge in [0.1, 0.15) is 0 Å². The van der Waals surface area contributed by atoms with E-state index in [2.05, 4.69) is 9.97 Å². The van der Waals surface area contributed by atoms with Crippen LogP contribution < -0.4 is 0 Å². The van der Waals surface area contributed by atoms with Crippen LogP contribution in [0, 0.1) is 0 Å². The summed E-state index contributed by atoms with van der Waals surface area (Å²) in [4.78, 5) is 7.59. The molecular formula is C6H6Cl2N2. The number of rotatable bonds is 2. The van der Waals surface area contributed by atoms with Crippen LogP contribution in [0.3, 0.4) is 0 Å². The Balaban J connectivity index is 2.69. The van der Waals surface area contributed by atoms with E-state index in [1.54, 1.807) is 12.4 Å². The van der Waals surface area contributed by atoms with E-state index in [9.17, 15) is 0 Å². The minimum atomic E-state index is 0.276. The third-order valence-corrected chi connectivity index (χ3v) is 1.44. The summed E-state index contributed by atoms with van der Waals surface area (Å²) in [6.07, 6.45) is 4.15. The number of aromatic nitrogens is 2. The monoisotopic (exact) mass is 176 g/mol. The van der Waals surface area contributed by atoms with Gasteiger partial charge in [-0.15, -0.1) is 11.6 Å². The van der Waals surface area contributed by atoms with Crippen LogP contribution in [0.2, 0.25) is 5.28 Å². The second kappa shape index (κ2) is 3.74. The van der Waals surface area contributed by atoms with Crippen molar-refractivity contribution in [3.63, 3.8) is 0 Å². The minimum Gasteiger partial charge on any atom is -0.226 e. The maximum Gasteiger partial charge on any atom is 0.222 e. The van der Waals surface area contributed by atoms with E-state index >= 15 is 0 Å². The maximum absolute atomic E-state index is 5.49. The van der Waals surface area contributed by atoms with Gasteiger partial charge in [0.05, 0.1) is 0 Å². The van der Waals surface area contributed by atoms with Crippen LogP contribution in [0.15, 0.2) is 12.4 Å². The summed E-state index contributed by atoms with van der Waals surface area (Å²) in [5.74, 6) is 0.588. The minimum absolute atomic E-state index is 0.276. The maximum atomic E-state index is 5.49. The third-order valence-electron chi connectivity index (χ3n) is 1.06. The molecule has 1 aromatic rings. The van der Waals surface area contributed by atoms with Gasteiger partial charge >= 0.3 is 0 Å². The SMILES string of the molecule is ClCCc1cnc(Cl)nc1. The fourth-order valence-corrected chi connectivity index (χ4v) is 0.893. The molecule has 10 heavy (non-hydrogen) atoms. The van der Waals surface area contributed by atoms with Crippen molar-refractivity contribution in [3.05, 3.63) is 23.2 Å². The quantitative estimate of drug-likeness (QED) is 0.509. The Bertz CT molecular complexity index is 197. The number of alkyl halides is 1. The van der Waals surface area contributed by atoms with Gasteiger partial charge in [-0.2, -0.15) is 0 Å². The summed E-state index contributed by atoms with van der Waals surface area (Å²) in [5, 5.41) is 0.276. The van der Waals surface area contributed by atoms with Gasteiger partial charge < -0.3 is 0 Å². The molecule has 1 heterocycles. The topological polar surface area (TPSA) is 25.8 Å². The third kappa shape index (κ3) is 2.12. The molecule has 1 aromatic heterocycles. The van der Waals surface area contributed by atoms with Crippen LogP contribution in [-0.2, 0) is 6.42 Å². The largest absolute Gasteiger partial charge is 0.226 e. The number of aryl methyl sites for hydroxylation is 1. The molecule has 54 valence electrons. The van der Waals surface area contributed by atoms with Crippen molar-refractivity contribution >= 4 is 23.2 Å². The zero-order chi connectivity index (χ0) is 7.40. The average Bonchev–Trinajstić information content (AvgIpc) is 1.95. The molecule has 0 aromatic carbocycles. The van der Waals surface area contributed by atoms with Crippen LogP contribution in [0.5, 0.6) is 0 Å². The smallest absolute Gasteiger partial charge is 0.222 e. The van der Waals surface area contributed by atoms with E-state index in [1.807, 2.05) is 0 Å². The van der Waals surface area contributed by atoms with Crippen LogP contribution in [0.25, 0.3) is 0 Å². The van der Waals surface area contributed by atoms with Gasteiger partial charge in [0.15, 0.2) is 0 Å². The molecule has 0 unspecified atom stereocenters. The Morgan fingerprint density at radius 3 is 2.40 bits per heavy atom. The molecule has 0 amide bonds. The summed E-state index contributed by atoms with van der Waals surface area (Å²) in [6, 6.07) is 0. The van der Waals surface area contributed by atoms with E-state index in [0.29, 0.717) is 5.88 Å². The van der Waals surface area contributed by atoms with E-state index in [4.69, 9.17) is 23.2 Å². The molecular weight excluding hydrogens is 171 g/mol. The van der Waals surface area contributed by atoms with Gasteiger partial charge in [0.25, 0.3) is 0 Å². The highest BCUT2D eigenvalue weighted by atomic mass is 35.5. The summed E-state index contributed by atoms with van der Waals surface area (Å²) in [6.45, 7) is 0. The van der Waals surface area contributed by atoms with Gasteiger partial charge in [-0.3, -0.25) is 0 Å². The highest BCUT2D eigenvalue weighted by molar-refractivity contribution is 6.28. The Morgan fingerprint density at radius 2 is 1.90 bits per heavy atom. The zero-order valence-corrected chi connectivity index (χ0v) is 6.73. The van der Waals surface area contributed by atoms with Crippen LogP contribution in [0.4, 0.5) is 0 Å². The van der Waals surface area contributed by atoms with Crippen LogP contribution in [0.1, 0.15) is 5.56 Å². The first-order valence-corrected chi connectivity index (χ1v) is 3.76. The molecule has 1 rings (SSSR count). The predicted octanol–water partition coefficient (Wildman–Crippen LogP) is 1.91. The molecule has 0 N–H and O–H groups in total. The van der Waals surface area contributed by atoms with E-state index in [1.165, 1.54) is 0 Å². The molecule has 0 saturated carbocycles. The van der Waals surface area contributed by atoms with E-state index < -0.39 is 0 Å². The lowest BCUT2D eigenvalue weighted by Crippen LogP contribution is -1.89. The highest BCUT2D eigenvalue weighted by Crippen LogP contribution is 2.01. The van der Waals surface area contributed by atoms with E-state index in [0.717, 1.165) is 12.0 Å². The van der Waals surface area contributed by atoms with Gasteiger partial charge in [0, 0.05) is 18.3 Å². The molecule has 0 bridgehead atoms. The summed E-state index contributed by atoms with van der Waals surface area (Å²) < 4.78 is 0. The number of nitrogens with zero attached hydrogens (tertiary/aromatic N) is 2. The second-order valence-electron chi connectivity index (χ2n) is 1.80. The number of halogens is 2. The van der Waals surface area contributed by atoms with Crippen molar-refractivity contribution in [2.45, 2.75) is 6.42 Å². The summed E-state index contributed by atoms with van der Waals surface area (Å²) in [5.41, 5.74) is 1.01. The lowest BCUT2D eigenvalue weighted by atomic mass is 10.3. The lowest BCUT2D eigenvalue weighted by molar-refractivity contribution is 1.05. The highest BCUT2D eigenvalue weighted by Gasteiger charge is 1.92. The molecule has 4 heteroatoms. The molecule has 0 aliphatic rings. The first-order valence-electron chi connectivity index (χ1n) is 2.85. The van der Waals surface area contributed by atoms with Crippen molar-refractivity contribution in [3.8, 4) is 0 Å². The van der Waals surface area contributed by atoms with Crippen molar-refractivity contribution in [2.24, 2.45) is 0 Å². The van der Waals surface area contributed by atoms with Crippen LogP contribution >= 0.6 is 23.2 Å².